The monoisotopic (exact) mass is 352 g/mol. The molecule has 0 saturated heterocycles. The van der Waals surface area contributed by atoms with Gasteiger partial charge in [-0.3, -0.25) is 4.79 Å². The van der Waals surface area contributed by atoms with Crippen LogP contribution in [-0.2, 0) is 0 Å². The first-order chi connectivity index (χ1) is 10.1. The molecule has 1 aromatic carbocycles. The second-order valence-corrected chi connectivity index (χ2v) is 4.86. The van der Waals surface area contributed by atoms with Gasteiger partial charge in [-0.2, -0.15) is 4.98 Å². The van der Waals surface area contributed by atoms with Crippen molar-refractivity contribution in [2.24, 2.45) is 0 Å². The second-order valence-electron chi connectivity index (χ2n) is 3.94. The minimum atomic E-state index is -0.341. The van der Waals surface area contributed by atoms with Crippen molar-refractivity contribution >= 4 is 21.7 Å². The molecule has 1 heterocycles. The Balaban J connectivity index is 2.49. The Morgan fingerprint density at radius 1 is 1.14 bits per heavy atom. The first-order valence-corrected chi connectivity index (χ1v) is 6.73. The number of methoxy groups -OCH3 is 3. The standard InChI is InChI=1S/C14H13BrN2O4/c1-19-10-6-8(15)4-5-9(10)13(18)12-14(21-3)17-11(20-2)7-16-12/h4-7H,1-3H3. The largest absolute Gasteiger partial charge is 0.496 e. The summed E-state index contributed by atoms with van der Waals surface area (Å²) in [6, 6.07) is 5.10. The van der Waals surface area contributed by atoms with Crippen LogP contribution >= 0.6 is 15.9 Å². The van der Waals surface area contributed by atoms with Crippen molar-refractivity contribution < 1.29 is 19.0 Å². The third kappa shape index (κ3) is 3.13. The highest BCUT2D eigenvalue weighted by atomic mass is 79.9. The van der Waals surface area contributed by atoms with Crippen LogP contribution in [0, 0.1) is 0 Å². The van der Waals surface area contributed by atoms with Crippen LogP contribution in [0.4, 0.5) is 0 Å². The minimum absolute atomic E-state index is 0.0962. The first-order valence-electron chi connectivity index (χ1n) is 5.94. The molecular formula is C14H13BrN2O4. The van der Waals surface area contributed by atoms with Crippen molar-refractivity contribution in [3.05, 3.63) is 40.1 Å². The zero-order valence-corrected chi connectivity index (χ0v) is 13.3. The maximum absolute atomic E-state index is 12.6. The summed E-state index contributed by atoms with van der Waals surface area (Å²) in [4.78, 5) is 20.7. The Kier molecular flexibility index (Phi) is 4.74. The van der Waals surface area contributed by atoms with Crippen LogP contribution in [0.5, 0.6) is 17.5 Å². The minimum Gasteiger partial charge on any atom is -0.496 e. The molecule has 0 saturated carbocycles. The Morgan fingerprint density at radius 3 is 2.52 bits per heavy atom. The van der Waals surface area contributed by atoms with E-state index in [1.807, 2.05) is 0 Å². The van der Waals surface area contributed by atoms with Gasteiger partial charge in [-0.05, 0) is 18.2 Å². The molecule has 0 fully saturated rings. The number of carbonyl (C=O) groups excluding carboxylic acids is 1. The summed E-state index contributed by atoms with van der Waals surface area (Å²) in [6.07, 6.45) is 1.36. The topological polar surface area (TPSA) is 70.5 Å². The zero-order valence-electron chi connectivity index (χ0n) is 11.7. The van der Waals surface area contributed by atoms with Crippen molar-refractivity contribution in [3.63, 3.8) is 0 Å². The van der Waals surface area contributed by atoms with E-state index in [1.165, 1.54) is 27.5 Å². The summed E-state index contributed by atoms with van der Waals surface area (Å²) < 4.78 is 16.1. The number of ether oxygens (including phenoxy) is 3. The lowest BCUT2D eigenvalue weighted by atomic mass is 10.1. The fraction of sp³-hybridized carbons (Fsp3) is 0.214. The molecule has 2 aromatic rings. The van der Waals surface area contributed by atoms with E-state index in [9.17, 15) is 4.79 Å². The first kappa shape index (κ1) is 15.2. The maximum Gasteiger partial charge on any atom is 0.247 e. The quantitative estimate of drug-likeness (QED) is 0.770. The van der Waals surface area contributed by atoms with Crippen molar-refractivity contribution in [2.75, 3.05) is 21.3 Å². The molecule has 6 nitrogen and oxygen atoms in total. The molecule has 0 aliphatic carbocycles. The highest BCUT2D eigenvalue weighted by Gasteiger charge is 2.21. The average molecular weight is 353 g/mol. The molecule has 1 aromatic heterocycles. The van der Waals surface area contributed by atoms with E-state index < -0.39 is 0 Å². The van der Waals surface area contributed by atoms with Gasteiger partial charge in [0.25, 0.3) is 0 Å². The predicted molar refractivity (Wildman–Crippen MR) is 79.3 cm³/mol. The summed E-state index contributed by atoms with van der Waals surface area (Å²) in [5.41, 5.74) is 0.470. The molecule has 7 heteroatoms. The van der Waals surface area contributed by atoms with Crippen LogP contribution in [0.25, 0.3) is 0 Å². The van der Waals surface area contributed by atoms with Crippen LogP contribution < -0.4 is 14.2 Å². The summed E-state index contributed by atoms with van der Waals surface area (Å²) >= 11 is 3.33. The van der Waals surface area contributed by atoms with Crippen LogP contribution in [0.3, 0.4) is 0 Å². The van der Waals surface area contributed by atoms with Crippen LogP contribution in [0.15, 0.2) is 28.9 Å². The number of carbonyl (C=O) groups is 1. The van der Waals surface area contributed by atoms with E-state index in [-0.39, 0.29) is 23.2 Å². The Bertz CT molecular complexity index is 676. The van der Waals surface area contributed by atoms with E-state index in [0.29, 0.717) is 11.3 Å². The second kappa shape index (κ2) is 6.53. The Labute approximate surface area is 130 Å². The van der Waals surface area contributed by atoms with Gasteiger partial charge in [0.2, 0.25) is 17.5 Å². The lowest BCUT2D eigenvalue weighted by Gasteiger charge is -2.10. The van der Waals surface area contributed by atoms with E-state index in [2.05, 4.69) is 25.9 Å². The molecule has 0 spiro atoms. The van der Waals surface area contributed by atoms with Gasteiger partial charge in [-0.25, -0.2) is 4.98 Å². The van der Waals surface area contributed by atoms with Gasteiger partial charge in [0, 0.05) is 4.47 Å². The van der Waals surface area contributed by atoms with Gasteiger partial charge in [0.05, 0.1) is 33.1 Å². The van der Waals surface area contributed by atoms with Gasteiger partial charge in [0.1, 0.15) is 5.75 Å². The number of ketones is 1. The summed E-state index contributed by atoms with van der Waals surface area (Å²) in [5.74, 6) is 0.468. The van der Waals surface area contributed by atoms with Gasteiger partial charge in [-0.15, -0.1) is 0 Å². The molecule has 0 radical (unpaired) electrons. The molecule has 0 aliphatic heterocycles. The lowest BCUT2D eigenvalue weighted by molar-refractivity contribution is 0.102. The number of rotatable bonds is 5. The summed E-state index contributed by atoms with van der Waals surface area (Å²) in [7, 11) is 4.37. The molecule has 21 heavy (non-hydrogen) atoms. The number of nitrogens with zero attached hydrogens (tertiary/aromatic N) is 2. The molecule has 2 rings (SSSR count). The summed E-state index contributed by atoms with van der Waals surface area (Å²) in [6.45, 7) is 0. The Morgan fingerprint density at radius 2 is 1.90 bits per heavy atom. The third-order valence-electron chi connectivity index (χ3n) is 2.74. The molecule has 0 amide bonds. The number of aromatic nitrogens is 2. The molecule has 110 valence electrons. The van der Waals surface area contributed by atoms with E-state index in [4.69, 9.17) is 14.2 Å². The maximum atomic E-state index is 12.6. The normalized spacial score (nSPS) is 10.1. The van der Waals surface area contributed by atoms with Crippen LogP contribution in [0.2, 0.25) is 0 Å². The van der Waals surface area contributed by atoms with E-state index in [0.717, 1.165) is 4.47 Å². The van der Waals surface area contributed by atoms with Gasteiger partial charge >= 0.3 is 0 Å². The third-order valence-corrected chi connectivity index (χ3v) is 3.24. The van der Waals surface area contributed by atoms with Crippen molar-refractivity contribution in [3.8, 4) is 17.5 Å². The van der Waals surface area contributed by atoms with Gasteiger partial charge in [-0.1, -0.05) is 15.9 Å². The molecule has 0 unspecified atom stereocenters. The number of hydrogen-bond acceptors (Lipinski definition) is 6. The number of halogens is 1. The highest BCUT2D eigenvalue weighted by Crippen LogP contribution is 2.28. The Hall–Kier alpha value is -2.15. The molecule has 0 bridgehead atoms. The van der Waals surface area contributed by atoms with E-state index in [1.54, 1.807) is 18.2 Å². The van der Waals surface area contributed by atoms with Gasteiger partial charge in [0.15, 0.2) is 5.69 Å². The number of benzene rings is 1. The molecule has 0 aliphatic rings. The van der Waals surface area contributed by atoms with Crippen LogP contribution in [0.1, 0.15) is 16.1 Å². The van der Waals surface area contributed by atoms with Crippen molar-refractivity contribution in [2.45, 2.75) is 0 Å². The zero-order chi connectivity index (χ0) is 15.4. The number of hydrogen-bond donors (Lipinski definition) is 0. The highest BCUT2D eigenvalue weighted by molar-refractivity contribution is 9.10. The lowest BCUT2D eigenvalue weighted by Crippen LogP contribution is -2.10. The van der Waals surface area contributed by atoms with Crippen molar-refractivity contribution in [1.29, 1.82) is 0 Å². The van der Waals surface area contributed by atoms with Crippen molar-refractivity contribution in [1.82, 2.24) is 9.97 Å². The molecule has 0 N–H and O–H groups in total. The smallest absolute Gasteiger partial charge is 0.247 e. The predicted octanol–water partition coefficient (Wildman–Crippen LogP) is 2.50. The SMILES string of the molecule is COc1cnc(C(=O)c2ccc(Br)cc2OC)c(OC)n1. The molecule has 0 atom stereocenters. The van der Waals surface area contributed by atoms with E-state index >= 15 is 0 Å². The van der Waals surface area contributed by atoms with Gasteiger partial charge < -0.3 is 14.2 Å². The summed E-state index contributed by atoms with van der Waals surface area (Å²) in [5, 5.41) is 0. The average Bonchev–Trinajstić information content (AvgIpc) is 2.53. The fourth-order valence-corrected chi connectivity index (χ4v) is 2.07. The molecular weight excluding hydrogens is 340 g/mol. The fourth-order valence-electron chi connectivity index (χ4n) is 1.73. The van der Waals surface area contributed by atoms with Crippen LogP contribution in [-0.4, -0.2) is 37.1 Å².